The maximum Gasteiger partial charge on any atom is 0.248 e. The summed E-state index contributed by atoms with van der Waals surface area (Å²) >= 11 is 3.32. The summed E-state index contributed by atoms with van der Waals surface area (Å²) in [4.78, 5) is 41.6. The Morgan fingerprint density at radius 1 is 1.19 bits per heavy atom. The van der Waals surface area contributed by atoms with Crippen molar-refractivity contribution in [3.63, 3.8) is 0 Å². The van der Waals surface area contributed by atoms with Crippen LogP contribution >= 0.6 is 15.9 Å². The van der Waals surface area contributed by atoms with Crippen molar-refractivity contribution in [2.75, 3.05) is 25.3 Å². The number of fused-ring (bicyclic) bond motifs is 4. The van der Waals surface area contributed by atoms with Crippen LogP contribution in [0.25, 0.3) is 21.9 Å². The van der Waals surface area contributed by atoms with Gasteiger partial charge in [0.1, 0.15) is 52.3 Å². The highest BCUT2D eigenvalue weighted by atomic mass is 79.9. The summed E-state index contributed by atoms with van der Waals surface area (Å²) in [6.07, 6.45) is 2.89. The number of amides is 2. The van der Waals surface area contributed by atoms with Crippen LogP contribution in [0, 0.1) is 5.92 Å². The molecule has 2 amide bonds. The van der Waals surface area contributed by atoms with E-state index in [1.54, 1.807) is 48.0 Å². The first-order valence-electron chi connectivity index (χ1n) is 11.8. The van der Waals surface area contributed by atoms with Gasteiger partial charge < -0.3 is 30.0 Å². The van der Waals surface area contributed by atoms with E-state index in [9.17, 15) is 9.59 Å². The van der Waals surface area contributed by atoms with Crippen molar-refractivity contribution in [2.24, 2.45) is 5.92 Å². The molecular weight excluding hydrogens is 542 g/mol. The predicted molar refractivity (Wildman–Crippen MR) is 140 cm³/mol. The van der Waals surface area contributed by atoms with Crippen molar-refractivity contribution < 1.29 is 19.1 Å². The zero-order valence-electron chi connectivity index (χ0n) is 20.1. The first kappa shape index (κ1) is 23.5. The molecule has 1 aliphatic heterocycles. The summed E-state index contributed by atoms with van der Waals surface area (Å²) in [7, 11) is 3.12. The third kappa shape index (κ3) is 3.91. The lowest BCUT2D eigenvalue weighted by Gasteiger charge is -2.27. The van der Waals surface area contributed by atoms with Gasteiger partial charge in [-0.1, -0.05) is 6.07 Å². The minimum absolute atomic E-state index is 0.0404. The largest absolute Gasteiger partial charge is 0.497 e. The number of hydrogen-bond donors (Lipinski definition) is 2. The normalized spacial score (nSPS) is 20.2. The summed E-state index contributed by atoms with van der Waals surface area (Å²) in [6.45, 7) is -0.0404. The molecule has 3 atom stereocenters. The van der Waals surface area contributed by atoms with Gasteiger partial charge in [-0.15, -0.1) is 0 Å². The first-order valence-corrected chi connectivity index (χ1v) is 12.6. The van der Waals surface area contributed by atoms with Crippen LogP contribution in [0.2, 0.25) is 0 Å². The van der Waals surface area contributed by atoms with E-state index in [0.717, 1.165) is 11.8 Å². The lowest BCUT2D eigenvalue weighted by atomic mass is 10.1. The Bertz CT molecular complexity index is 1570. The highest BCUT2D eigenvalue weighted by Crippen LogP contribution is 2.48. The summed E-state index contributed by atoms with van der Waals surface area (Å²) in [5.41, 5.74) is 7.41. The average Bonchev–Trinajstić information content (AvgIpc) is 3.43. The van der Waals surface area contributed by atoms with Crippen molar-refractivity contribution in [3.05, 3.63) is 41.3 Å². The highest BCUT2D eigenvalue weighted by molar-refractivity contribution is 9.10. The molecule has 12 heteroatoms. The average molecular weight is 566 g/mol. The van der Waals surface area contributed by atoms with Crippen LogP contribution in [-0.4, -0.2) is 62.5 Å². The minimum atomic E-state index is -0.577. The lowest BCUT2D eigenvalue weighted by Crippen LogP contribution is -2.46. The van der Waals surface area contributed by atoms with Crippen molar-refractivity contribution >= 4 is 61.3 Å². The molecule has 0 spiro atoms. The van der Waals surface area contributed by atoms with Crippen LogP contribution in [0.1, 0.15) is 12.8 Å². The minimum Gasteiger partial charge on any atom is -0.497 e. The molecule has 2 fully saturated rings. The molecule has 3 N–H and O–H groups in total. The molecule has 1 saturated carbocycles. The first-order chi connectivity index (χ1) is 17.9. The van der Waals surface area contributed by atoms with E-state index in [2.05, 4.69) is 36.2 Å². The number of rotatable bonds is 6. The fraction of sp³-hybridized carbons (Fsp3) is 0.320. The van der Waals surface area contributed by atoms with Gasteiger partial charge in [0.15, 0.2) is 0 Å². The van der Waals surface area contributed by atoms with Crippen LogP contribution in [0.15, 0.2) is 41.3 Å². The summed E-state index contributed by atoms with van der Waals surface area (Å²) in [5.74, 6) is 1.71. The number of ether oxygens (including phenoxy) is 2. The van der Waals surface area contributed by atoms with E-state index in [1.807, 2.05) is 6.07 Å². The monoisotopic (exact) mass is 565 g/mol. The Labute approximate surface area is 220 Å². The van der Waals surface area contributed by atoms with Crippen LogP contribution in [-0.2, 0) is 16.1 Å². The Balaban J connectivity index is 1.37. The Morgan fingerprint density at radius 3 is 2.78 bits per heavy atom. The molecule has 0 bridgehead atoms. The molecule has 4 heterocycles. The van der Waals surface area contributed by atoms with Gasteiger partial charge in [0.2, 0.25) is 11.8 Å². The number of benzene rings is 1. The van der Waals surface area contributed by atoms with Gasteiger partial charge >= 0.3 is 0 Å². The van der Waals surface area contributed by atoms with Gasteiger partial charge in [0, 0.05) is 17.5 Å². The van der Waals surface area contributed by atoms with Gasteiger partial charge in [-0.3, -0.25) is 9.59 Å². The molecule has 3 aromatic heterocycles. The zero-order valence-corrected chi connectivity index (χ0v) is 21.7. The van der Waals surface area contributed by atoms with E-state index in [-0.39, 0.29) is 24.4 Å². The number of nitrogens with two attached hydrogens (primary N) is 1. The molecule has 0 unspecified atom stereocenters. The smallest absolute Gasteiger partial charge is 0.248 e. The lowest BCUT2D eigenvalue weighted by molar-refractivity contribution is -0.138. The molecular formula is C25H24BrN7O4. The highest BCUT2D eigenvalue weighted by Gasteiger charge is 2.56. The van der Waals surface area contributed by atoms with Gasteiger partial charge in [-0.2, -0.15) is 0 Å². The SMILES string of the molecule is COc1cc(OC)c2c(c1)c1c(N)ncnc1n2CC(=O)N1[C@@H]2C[C@@H]2C[C@H]1C(=O)Nc1cccc(Br)n1. The summed E-state index contributed by atoms with van der Waals surface area (Å²) in [5, 5.41) is 4.19. The number of aromatic nitrogens is 4. The Morgan fingerprint density at radius 2 is 2.03 bits per heavy atom. The molecule has 11 nitrogen and oxygen atoms in total. The molecule has 4 aromatic rings. The quantitative estimate of drug-likeness (QED) is 0.340. The summed E-state index contributed by atoms with van der Waals surface area (Å²) < 4.78 is 13.5. The number of carbonyl (C=O) groups excluding carboxylic acids is 2. The number of anilines is 2. The van der Waals surface area contributed by atoms with E-state index in [0.29, 0.717) is 56.6 Å². The molecule has 37 heavy (non-hydrogen) atoms. The number of piperidine rings is 1. The van der Waals surface area contributed by atoms with Gasteiger partial charge in [0.05, 0.1) is 25.1 Å². The molecule has 6 rings (SSSR count). The van der Waals surface area contributed by atoms with Gasteiger partial charge in [-0.05, 0) is 52.9 Å². The number of nitrogen functional groups attached to an aromatic ring is 1. The van der Waals surface area contributed by atoms with Gasteiger partial charge in [-0.25, -0.2) is 15.0 Å². The number of methoxy groups -OCH3 is 2. The van der Waals surface area contributed by atoms with Gasteiger partial charge in [0.25, 0.3) is 0 Å². The summed E-state index contributed by atoms with van der Waals surface area (Å²) in [6, 6.07) is 8.34. The van der Waals surface area contributed by atoms with Crippen LogP contribution in [0.3, 0.4) is 0 Å². The van der Waals surface area contributed by atoms with Crippen molar-refractivity contribution in [1.29, 1.82) is 0 Å². The Kier molecular flexibility index (Phi) is 5.63. The standard InChI is InChI=1S/C25H24BrN7O4/c1-36-13-8-14-21-23(27)28-11-29-24(21)32(22(14)17(9-13)37-2)10-20(34)33-15-6-12(15)7-16(33)25(35)31-19-5-3-4-18(26)30-19/h3-5,8-9,11-12,15-16H,6-7,10H2,1-2H3,(H2,27,28,29)(H,30,31,35)/t12-,15-,16+/m1/s1. The zero-order chi connectivity index (χ0) is 25.8. The fourth-order valence-corrected chi connectivity index (χ4v) is 5.73. The maximum atomic E-state index is 13.8. The van der Waals surface area contributed by atoms with Crippen LogP contribution in [0.4, 0.5) is 11.6 Å². The third-order valence-corrected chi connectivity index (χ3v) is 7.55. The van der Waals surface area contributed by atoms with Crippen molar-refractivity contribution in [1.82, 2.24) is 24.4 Å². The molecule has 1 aliphatic carbocycles. The maximum absolute atomic E-state index is 13.8. The number of carbonyl (C=O) groups is 2. The van der Waals surface area contributed by atoms with E-state index >= 15 is 0 Å². The molecule has 0 radical (unpaired) electrons. The second-order valence-corrected chi connectivity index (χ2v) is 10.0. The molecule has 2 aliphatic rings. The predicted octanol–water partition coefficient (Wildman–Crippen LogP) is 2.97. The molecule has 1 saturated heterocycles. The van der Waals surface area contributed by atoms with Crippen molar-refractivity contribution in [2.45, 2.75) is 31.5 Å². The number of halogens is 1. The number of pyridine rings is 1. The number of nitrogens with one attached hydrogen (secondary N) is 1. The van der Waals surface area contributed by atoms with Crippen LogP contribution < -0.4 is 20.5 Å². The van der Waals surface area contributed by atoms with E-state index < -0.39 is 6.04 Å². The Hall–Kier alpha value is -3.93. The number of nitrogens with zero attached hydrogens (tertiary/aromatic N) is 5. The van der Waals surface area contributed by atoms with Crippen LogP contribution in [0.5, 0.6) is 11.5 Å². The fourth-order valence-electron chi connectivity index (χ4n) is 5.39. The second kappa shape index (κ2) is 8.87. The topological polar surface area (TPSA) is 137 Å². The molecule has 190 valence electrons. The number of likely N-dealkylation sites (tertiary alicyclic amines) is 1. The van der Waals surface area contributed by atoms with E-state index in [4.69, 9.17) is 15.2 Å². The number of hydrogen-bond acceptors (Lipinski definition) is 8. The third-order valence-electron chi connectivity index (χ3n) is 7.11. The van der Waals surface area contributed by atoms with Crippen molar-refractivity contribution in [3.8, 4) is 11.5 Å². The second-order valence-electron chi connectivity index (χ2n) is 9.22. The molecule has 1 aromatic carbocycles. The van der Waals surface area contributed by atoms with E-state index in [1.165, 1.54) is 6.33 Å².